The van der Waals surface area contributed by atoms with Crippen LogP contribution in [0.15, 0.2) is 36.5 Å². The van der Waals surface area contributed by atoms with Gasteiger partial charge in [0.1, 0.15) is 5.69 Å². The second-order valence-corrected chi connectivity index (χ2v) is 8.77. The number of carbonyl (C=O) groups excluding carboxylic acids is 1. The van der Waals surface area contributed by atoms with Gasteiger partial charge in [0.25, 0.3) is 5.69 Å². The zero-order valence-electron chi connectivity index (χ0n) is 19.2. The van der Waals surface area contributed by atoms with Gasteiger partial charge in [-0.25, -0.2) is 8.78 Å². The molecule has 2 aliphatic rings. The molecule has 180 valence electrons. The van der Waals surface area contributed by atoms with E-state index in [1.165, 1.54) is 26.4 Å². The lowest BCUT2D eigenvalue weighted by molar-refractivity contribution is -0.384. The first-order chi connectivity index (χ1) is 16.7. The fourth-order valence-corrected chi connectivity index (χ4v) is 4.74. The van der Waals surface area contributed by atoms with Gasteiger partial charge in [0, 0.05) is 30.0 Å². The van der Waals surface area contributed by atoms with Gasteiger partial charge in [0.2, 0.25) is 5.91 Å². The predicted molar refractivity (Wildman–Crippen MR) is 123 cm³/mol. The number of aromatic nitrogens is 1. The first-order valence-corrected chi connectivity index (χ1v) is 10.9. The number of pyridine rings is 1. The molecular formula is C25H21F2N3O5. The van der Waals surface area contributed by atoms with Gasteiger partial charge < -0.3 is 14.4 Å². The number of fused-ring (bicyclic) bond motifs is 2. The van der Waals surface area contributed by atoms with E-state index < -0.39 is 33.6 Å². The van der Waals surface area contributed by atoms with Gasteiger partial charge in [-0.2, -0.15) is 0 Å². The van der Waals surface area contributed by atoms with Crippen LogP contribution < -0.4 is 14.4 Å². The Morgan fingerprint density at radius 2 is 1.71 bits per heavy atom. The largest absolute Gasteiger partial charge is 0.493 e. The number of nitrogens with zero attached hydrogens (tertiary/aromatic N) is 3. The fourth-order valence-electron chi connectivity index (χ4n) is 4.74. The Hall–Kier alpha value is -4.08. The van der Waals surface area contributed by atoms with Gasteiger partial charge in [-0.3, -0.25) is 19.9 Å². The van der Waals surface area contributed by atoms with Crippen molar-refractivity contribution in [1.29, 1.82) is 0 Å². The SMILES string of the molecule is COc1cc(OC)c(F)c(N2Cc3cnc(-c4cc(C)cc([N+](=O)[O-])c4)cc3C3(CC3)C2=O)c1F. The minimum atomic E-state index is -0.991. The summed E-state index contributed by atoms with van der Waals surface area (Å²) in [4.78, 5) is 30.0. The molecule has 1 aliphatic heterocycles. The Bertz CT molecular complexity index is 1380. The summed E-state index contributed by atoms with van der Waals surface area (Å²) in [6.07, 6.45) is 2.58. The van der Waals surface area contributed by atoms with Crippen LogP contribution in [-0.2, 0) is 16.8 Å². The molecule has 0 saturated heterocycles. The lowest BCUT2D eigenvalue weighted by Gasteiger charge is -2.35. The normalized spacial score (nSPS) is 15.7. The van der Waals surface area contributed by atoms with E-state index in [-0.39, 0.29) is 23.7 Å². The molecular weight excluding hydrogens is 460 g/mol. The van der Waals surface area contributed by atoms with Crippen molar-refractivity contribution in [1.82, 2.24) is 4.98 Å². The number of nitro benzene ring substituents is 1. The van der Waals surface area contributed by atoms with Crippen LogP contribution in [0.25, 0.3) is 11.3 Å². The summed E-state index contributed by atoms with van der Waals surface area (Å²) in [7, 11) is 2.49. The van der Waals surface area contributed by atoms with Crippen molar-refractivity contribution in [2.24, 2.45) is 0 Å². The maximum atomic E-state index is 15.2. The molecule has 2 heterocycles. The highest BCUT2D eigenvalue weighted by atomic mass is 19.1. The van der Waals surface area contributed by atoms with Crippen LogP contribution in [0.1, 0.15) is 29.5 Å². The monoisotopic (exact) mass is 481 g/mol. The molecule has 1 spiro atoms. The van der Waals surface area contributed by atoms with Gasteiger partial charge in [-0.15, -0.1) is 0 Å². The number of carbonyl (C=O) groups is 1. The number of benzene rings is 2. The number of hydrogen-bond donors (Lipinski definition) is 0. The van der Waals surface area contributed by atoms with E-state index in [1.807, 2.05) is 0 Å². The van der Waals surface area contributed by atoms with Crippen LogP contribution in [0.5, 0.6) is 11.5 Å². The number of ether oxygens (including phenoxy) is 2. The Labute approximate surface area is 199 Å². The molecule has 8 nitrogen and oxygen atoms in total. The molecule has 2 aromatic carbocycles. The van der Waals surface area contributed by atoms with Gasteiger partial charge >= 0.3 is 0 Å². The zero-order chi connectivity index (χ0) is 25.1. The van der Waals surface area contributed by atoms with E-state index in [0.717, 1.165) is 16.5 Å². The quantitative estimate of drug-likeness (QED) is 0.382. The van der Waals surface area contributed by atoms with E-state index in [0.29, 0.717) is 35.2 Å². The van der Waals surface area contributed by atoms with Crippen LogP contribution >= 0.6 is 0 Å². The van der Waals surface area contributed by atoms with Gasteiger partial charge in [-0.1, -0.05) is 0 Å². The summed E-state index contributed by atoms with van der Waals surface area (Å²) >= 11 is 0. The molecule has 3 aromatic rings. The molecule has 1 fully saturated rings. The van der Waals surface area contributed by atoms with E-state index in [1.54, 1.807) is 25.3 Å². The first-order valence-electron chi connectivity index (χ1n) is 10.9. The highest BCUT2D eigenvalue weighted by Crippen LogP contribution is 2.55. The number of amides is 1. The molecule has 0 unspecified atom stereocenters. The summed E-state index contributed by atoms with van der Waals surface area (Å²) in [6, 6.07) is 7.54. The lowest BCUT2D eigenvalue weighted by atomic mass is 9.85. The molecule has 0 N–H and O–H groups in total. The molecule has 0 atom stereocenters. The van der Waals surface area contributed by atoms with Crippen molar-refractivity contribution in [2.45, 2.75) is 31.7 Å². The van der Waals surface area contributed by atoms with Crippen molar-refractivity contribution >= 4 is 17.3 Å². The van der Waals surface area contributed by atoms with Gasteiger partial charge in [-0.05, 0) is 48.6 Å². The van der Waals surface area contributed by atoms with Crippen molar-refractivity contribution in [3.8, 4) is 22.8 Å². The average molecular weight is 481 g/mol. The highest BCUT2D eigenvalue weighted by molar-refractivity contribution is 6.05. The number of non-ortho nitro benzene ring substituents is 1. The second kappa shape index (κ2) is 8.00. The maximum absolute atomic E-state index is 15.2. The van der Waals surface area contributed by atoms with Crippen molar-refractivity contribution in [3.05, 3.63) is 75.0 Å². The standard InChI is InChI=1S/C25H21F2N3O5/c1-13-6-14(8-16(7-13)30(32)33)18-9-17-15(11-28-18)12-29(24(31)25(17)4-5-25)23-21(26)19(34-2)10-20(35-3)22(23)27/h6-11H,4-5,12H2,1-3H3. The zero-order valence-corrected chi connectivity index (χ0v) is 19.2. The van der Waals surface area contributed by atoms with Gasteiger partial charge in [0.15, 0.2) is 23.1 Å². The molecule has 5 rings (SSSR count). The molecule has 1 amide bonds. The van der Waals surface area contributed by atoms with E-state index in [2.05, 4.69) is 4.98 Å². The van der Waals surface area contributed by atoms with Crippen LogP contribution in [0.4, 0.5) is 20.2 Å². The van der Waals surface area contributed by atoms with Crippen molar-refractivity contribution in [2.75, 3.05) is 19.1 Å². The average Bonchev–Trinajstić information content (AvgIpc) is 3.64. The third-order valence-electron chi connectivity index (χ3n) is 6.62. The summed E-state index contributed by atoms with van der Waals surface area (Å²) in [5.74, 6) is -2.89. The Kier molecular flexibility index (Phi) is 5.19. The minimum absolute atomic E-state index is 0.0548. The molecule has 1 saturated carbocycles. The number of halogens is 2. The maximum Gasteiger partial charge on any atom is 0.270 e. The van der Waals surface area contributed by atoms with Crippen LogP contribution in [0, 0.1) is 28.7 Å². The number of methoxy groups -OCH3 is 2. The molecule has 1 aromatic heterocycles. The summed E-state index contributed by atoms with van der Waals surface area (Å²) in [5, 5.41) is 11.3. The molecule has 35 heavy (non-hydrogen) atoms. The lowest BCUT2D eigenvalue weighted by Crippen LogP contribution is -2.45. The Morgan fingerprint density at radius 3 is 2.29 bits per heavy atom. The Morgan fingerprint density at radius 1 is 1.06 bits per heavy atom. The van der Waals surface area contributed by atoms with E-state index in [9.17, 15) is 14.9 Å². The molecule has 0 bridgehead atoms. The smallest absolute Gasteiger partial charge is 0.270 e. The number of aryl methyl sites for hydroxylation is 1. The highest BCUT2D eigenvalue weighted by Gasteiger charge is 2.57. The molecule has 1 aliphatic carbocycles. The first kappa shape index (κ1) is 22.7. The number of nitro groups is 1. The summed E-state index contributed by atoms with van der Waals surface area (Å²) < 4.78 is 40.4. The van der Waals surface area contributed by atoms with Crippen LogP contribution in [0.3, 0.4) is 0 Å². The summed E-state index contributed by atoms with van der Waals surface area (Å²) in [6.45, 7) is 1.66. The molecule has 10 heteroatoms. The topological polar surface area (TPSA) is 94.8 Å². The number of rotatable bonds is 5. The Balaban J connectivity index is 1.62. The van der Waals surface area contributed by atoms with E-state index in [4.69, 9.17) is 9.47 Å². The van der Waals surface area contributed by atoms with Crippen molar-refractivity contribution < 1.29 is 28.0 Å². The van der Waals surface area contributed by atoms with Crippen molar-refractivity contribution in [3.63, 3.8) is 0 Å². The predicted octanol–water partition coefficient (Wildman–Crippen LogP) is 4.84. The number of hydrogen-bond acceptors (Lipinski definition) is 6. The minimum Gasteiger partial charge on any atom is -0.493 e. The van der Waals surface area contributed by atoms with Gasteiger partial charge in [0.05, 0.1) is 36.8 Å². The summed E-state index contributed by atoms with van der Waals surface area (Å²) in [5.41, 5.74) is 1.61. The van der Waals surface area contributed by atoms with Crippen LogP contribution in [0.2, 0.25) is 0 Å². The third kappa shape index (κ3) is 3.48. The second-order valence-electron chi connectivity index (χ2n) is 8.77. The third-order valence-corrected chi connectivity index (χ3v) is 6.62. The molecule has 0 radical (unpaired) electrons. The fraction of sp³-hybridized carbons (Fsp3) is 0.280. The number of anilines is 1. The van der Waals surface area contributed by atoms with E-state index >= 15 is 8.78 Å². The van der Waals surface area contributed by atoms with Crippen LogP contribution in [-0.4, -0.2) is 30.0 Å².